The van der Waals surface area contributed by atoms with Gasteiger partial charge >= 0.3 is 0 Å². The molecule has 0 spiro atoms. The number of hydrogen-bond donors (Lipinski definition) is 6. The van der Waals surface area contributed by atoms with Crippen LogP contribution >= 0.6 is 0 Å². The second-order valence-electron chi connectivity index (χ2n) is 18.4. The van der Waals surface area contributed by atoms with Crippen molar-refractivity contribution in [2.45, 2.75) is 85.1 Å². The van der Waals surface area contributed by atoms with Gasteiger partial charge in [-0.2, -0.15) is 0 Å². The van der Waals surface area contributed by atoms with Crippen molar-refractivity contribution >= 4 is 11.8 Å². The topological polar surface area (TPSA) is 174 Å². The monoisotopic (exact) mass is 838 g/mol. The molecule has 12 heteroatoms. The predicted molar refractivity (Wildman–Crippen MR) is 240 cm³/mol. The molecule has 4 aromatic carbocycles. The van der Waals surface area contributed by atoms with E-state index in [0.29, 0.717) is 47.1 Å². The average molecular weight is 839 g/mol. The first-order valence-corrected chi connectivity index (χ1v) is 21.1. The van der Waals surface area contributed by atoms with E-state index in [2.05, 4.69) is 65.6 Å². The molecular formula is C50H58N6O6. The van der Waals surface area contributed by atoms with Crippen molar-refractivity contribution in [2.24, 2.45) is 16.2 Å². The number of aromatic nitrogens is 4. The molecule has 6 N–H and O–H groups in total. The average Bonchev–Trinajstić information content (AvgIpc) is 3.68. The van der Waals surface area contributed by atoms with E-state index in [1.807, 2.05) is 81.7 Å². The van der Waals surface area contributed by atoms with Gasteiger partial charge in [-0.05, 0) is 46.9 Å². The number of nitrogens with one attached hydrogen (secondary N) is 4. The van der Waals surface area contributed by atoms with Gasteiger partial charge in [-0.15, -0.1) is 0 Å². The molecule has 0 saturated heterocycles. The summed E-state index contributed by atoms with van der Waals surface area (Å²) >= 11 is 0. The number of aliphatic hydroxyl groups is 2. The number of carbonyl (C=O) groups excluding carboxylic acids is 2. The Morgan fingerprint density at radius 1 is 0.645 bits per heavy atom. The number of amides is 2. The summed E-state index contributed by atoms with van der Waals surface area (Å²) in [5.74, 6) is 1.86. The quantitative estimate of drug-likeness (QED) is 0.0594. The molecule has 12 nitrogen and oxygen atoms in total. The van der Waals surface area contributed by atoms with Crippen LogP contribution < -0.4 is 20.1 Å². The van der Waals surface area contributed by atoms with Gasteiger partial charge in [0, 0.05) is 34.6 Å². The Balaban J connectivity index is 1.01. The molecule has 2 aromatic heterocycles. The normalized spacial score (nSPS) is 15.5. The van der Waals surface area contributed by atoms with Crippen LogP contribution in [0, 0.1) is 16.2 Å². The van der Waals surface area contributed by atoms with E-state index in [-0.39, 0.29) is 29.1 Å². The fraction of sp³-hybridized carbons (Fsp3) is 0.360. The van der Waals surface area contributed by atoms with Crippen LogP contribution in [0.15, 0.2) is 109 Å². The number of carbonyl (C=O) groups is 2. The fourth-order valence-electron chi connectivity index (χ4n) is 7.99. The highest BCUT2D eigenvalue weighted by atomic mass is 16.5. The van der Waals surface area contributed by atoms with Crippen LogP contribution in [0.5, 0.6) is 11.5 Å². The van der Waals surface area contributed by atoms with E-state index < -0.39 is 29.7 Å². The SMILES string of the molecule is COc1ccccc1C(O)CC(=O)N[C@H](c1nc(-c2ccc(-c3ccc(-c4c[nH]c([C@@H](NC(=O)C5(C(O)c6ccccc6OC)CC5)C(C)(C)C)n4)cc3)cc2)c[nH]1)C(C)(C)C. The summed E-state index contributed by atoms with van der Waals surface area (Å²) in [6.45, 7) is 12.3. The van der Waals surface area contributed by atoms with Gasteiger partial charge in [-0.25, -0.2) is 9.97 Å². The minimum Gasteiger partial charge on any atom is -0.496 e. The lowest BCUT2D eigenvalue weighted by Crippen LogP contribution is -2.43. The lowest BCUT2D eigenvalue weighted by atomic mass is 9.84. The molecule has 2 amide bonds. The Morgan fingerprint density at radius 3 is 1.52 bits per heavy atom. The Bertz CT molecular complexity index is 2490. The molecule has 1 saturated carbocycles. The van der Waals surface area contributed by atoms with Gasteiger partial charge in [0.25, 0.3) is 0 Å². The number of aliphatic hydroxyl groups excluding tert-OH is 2. The van der Waals surface area contributed by atoms with Crippen molar-refractivity contribution < 1.29 is 29.3 Å². The maximum absolute atomic E-state index is 13.9. The second-order valence-corrected chi connectivity index (χ2v) is 18.4. The molecule has 4 atom stereocenters. The zero-order valence-electron chi connectivity index (χ0n) is 36.7. The number of hydrogen-bond acceptors (Lipinski definition) is 8. The van der Waals surface area contributed by atoms with Crippen LogP contribution in [0.2, 0.25) is 0 Å². The molecule has 0 radical (unpaired) electrons. The number of nitrogens with zero attached hydrogens (tertiary/aromatic N) is 2. The van der Waals surface area contributed by atoms with Crippen molar-refractivity contribution in [2.75, 3.05) is 14.2 Å². The lowest BCUT2D eigenvalue weighted by molar-refractivity contribution is -0.132. The summed E-state index contributed by atoms with van der Waals surface area (Å²) in [6.07, 6.45) is 2.73. The molecule has 1 fully saturated rings. The summed E-state index contributed by atoms with van der Waals surface area (Å²) < 4.78 is 10.9. The van der Waals surface area contributed by atoms with Crippen molar-refractivity contribution in [1.29, 1.82) is 0 Å². The van der Waals surface area contributed by atoms with E-state index in [1.165, 1.54) is 7.11 Å². The number of aromatic amines is 2. The summed E-state index contributed by atoms with van der Waals surface area (Å²) in [4.78, 5) is 43.6. The van der Waals surface area contributed by atoms with Gasteiger partial charge in [-0.3, -0.25) is 9.59 Å². The summed E-state index contributed by atoms with van der Waals surface area (Å²) in [7, 11) is 3.10. The highest BCUT2D eigenvalue weighted by molar-refractivity contribution is 5.87. The van der Waals surface area contributed by atoms with E-state index in [1.54, 1.807) is 31.4 Å². The second kappa shape index (κ2) is 17.6. The van der Waals surface area contributed by atoms with E-state index in [9.17, 15) is 19.8 Å². The summed E-state index contributed by atoms with van der Waals surface area (Å²) in [5.41, 5.74) is 4.91. The van der Waals surface area contributed by atoms with E-state index in [4.69, 9.17) is 19.4 Å². The predicted octanol–water partition coefficient (Wildman–Crippen LogP) is 9.20. The Kier molecular flexibility index (Phi) is 12.5. The third-order valence-corrected chi connectivity index (χ3v) is 11.8. The molecule has 2 heterocycles. The molecule has 1 aliphatic rings. The molecule has 62 heavy (non-hydrogen) atoms. The molecule has 7 rings (SSSR count). The van der Waals surface area contributed by atoms with Gasteiger partial charge in [-0.1, -0.05) is 126 Å². The maximum atomic E-state index is 13.9. The first kappa shape index (κ1) is 43.8. The van der Waals surface area contributed by atoms with E-state index in [0.717, 1.165) is 33.6 Å². The number of para-hydroxylation sites is 2. The molecule has 324 valence electrons. The highest BCUT2D eigenvalue weighted by Crippen LogP contribution is 2.57. The summed E-state index contributed by atoms with van der Waals surface area (Å²) in [6, 6.07) is 29.9. The molecule has 0 aliphatic heterocycles. The van der Waals surface area contributed by atoms with Crippen LogP contribution in [-0.4, -0.2) is 56.2 Å². The maximum Gasteiger partial charge on any atom is 0.229 e. The zero-order valence-corrected chi connectivity index (χ0v) is 36.7. The first-order valence-electron chi connectivity index (χ1n) is 21.1. The molecule has 0 bridgehead atoms. The number of benzene rings is 4. The van der Waals surface area contributed by atoms with Gasteiger partial charge in [0.1, 0.15) is 23.1 Å². The van der Waals surface area contributed by atoms with Crippen LogP contribution in [-0.2, 0) is 9.59 Å². The minimum absolute atomic E-state index is 0.122. The largest absolute Gasteiger partial charge is 0.496 e. The van der Waals surface area contributed by atoms with Crippen LogP contribution in [0.25, 0.3) is 33.6 Å². The van der Waals surface area contributed by atoms with Gasteiger partial charge in [0.05, 0.1) is 61.7 Å². The van der Waals surface area contributed by atoms with Crippen molar-refractivity contribution in [3.05, 3.63) is 132 Å². The zero-order chi connectivity index (χ0) is 44.4. The van der Waals surface area contributed by atoms with Crippen molar-refractivity contribution in [3.8, 4) is 45.1 Å². The highest BCUT2D eigenvalue weighted by Gasteiger charge is 2.57. The van der Waals surface area contributed by atoms with Gasteiger partial charge < -0.3 is 40.3 Å². The van der Waals surface area contributed by atoms with Gasteiger partial charge in [0.15, 0.2) is 0 Å². The lowest BCUT2D eigenvalue weighted by Gasteiger charge is -2.32. The van der Waals surface area contributed by atoms with Crippen LogP contribution in [0.3, 0.4) is 0 Å². The smallest absolute Gasteiger partial charge is 0.229 e. The Labute approximate surface area is 363 Å². The molecule has 6 aromatic rings. The third-order valence-electron chi connectivity index (χ3n) is 11.8. The minimum atomic E-state index is -1.02. The molecule has 1 aliphatic carbocycles. The number of ether oxygens (including phenoxy) is 2. The van der Waals surface area contributed by atoms with Crippen LogP contribution in [0.4, 0.5) is 0 Å². The first-order chi connectivity index (χ1) is 29.5. The molecular weight excluding hydrogens is 781 g/mol. The number of methoxy groups -OCH3 is 2. The number of H-pyrrole nitrogens is 2. The Morgan fingerprint density at radius 2 is 1.06 bits per heavy atom. The standard InChI is InChI=1S/C50H58N6O6/c1-48(2,3)42(55-41(58)27-38(57)34-13-9-11-15-39(34)61-7)45-51-28-36(53-45)32-21-17-30(18-22-32)31-19-23-33(24-20-31)37-29-52-46(54-37)43(49(4,5)6)56-47(60)50(25-26-50)44(59)35-14-10-12-16-40(35)62-8/h9-24,28-29,38,42-44,57,59H,25-27H2,1-8H3,(H,51,53)(H,52,54)(H,55,58)(H,56,60)/t38?,42-,43-,44?/m1/s1. The number of rotatable bonds is 15. The van der Waals surface area contributed by atoms with E-state index >= 15 is 0 Å². The van der Waals surface area contributed by atoms with Gasteiger partial charge in [0.2, 0.25) is 11.8 Å². The van der Waals surface area contributed by atoms with Crippen LogP contribution in [0.1, 0.15) is 108 Å². The summed E-state index contributed by atoms with van der Waals surface area (Å²) in [5, 5.41) is 28.6. The van der Waals surface area contributed by atoms with Crippen molar-refractivity contribution in [1.82, 2.24) is 30.6 Å². The number of imidazole rings is 2. The Hall–Kier alpha value is -6.24. The fourth-order valence-corrected chi connectivity index (χ4v) is 7.99. The van der Waals surface area contributed by atoms with Crippen molar-refractivity contribution in [3.63, 3.8) is 0 Å². The third kappa shape index (κ3) is 9.31. The molecule has 2 unspecified atom stereocenters.